The van der Waals surface area contributed by atoms with E-state index in [0.717, 1.165) is 6.08 Å². The number of hydrogen-bond acceptors (Lipinski definition) is 6. The van der Waals surface area contributed by atoms with Crippen molar-refractivity contribution in [1.29, 1.82) is 0 Å². The molecule has 28 heavy (non-hydrogen) atoms. The molecule has 2 heterocycles. The fourth-order valence-electron chi connectivity index (χ4n) is 2.27. The standard InChI is InChI=1S/C18H13ClFN5O3/c19-12-6-10(4-5-13(12)20)24-18-11-7-15(21-8-14(11)22-9-23-18)25-16(26)2-1-3-17(27)28/h1-2,4-9H,3H2,(H,27,28)(H,21,25,26)(H,22,23,24). The van der Waals surface area contributed by atoms with Gasteiger partial charge >= 0.3 is 5.97 Å². The van der Waals surface area contributed by atoms with Crippen molar-refractivity contribution in [2.45, 2.75) is 6.42 Å². The Labute approximate surface area is 163 Å². The Bertz CT molecular complexity index is 1090. The number of amides is 1. The Morgan fingerprint density at radius 2 is 2.04 bits per heavy atom. The van der Waals surface area contributed by atoms with Crippen molar-refractivity contribution in [1.82, 2.24) is 15.0 Å². The average molecular weight is 402 g/mol. The molecular weight excluding hydrogens is 389 g/mol. The van der Waals surface area contributed by atoms with Crippen LogP contribution in [0.3, 0.4) is 0 Å². The smallest absolute Gasteiger partial charge is 0.307 e. The lowest BCUT2D eigenvalue weighted by Gasteiger charge is -2.10. The highest BCUT2D eigenvalue weighted by Gasteiger charge is 2.09. The van der Waals surface area contributed by atoms with Gasteiger partial charge in [0, 0.05) is 11.1 Å². The fraction of sp³-hybridized carbons (Fsp3) is 0.0556. The van der Waals surface area contributed by atoms with Gasteiger partial charge in [0.15, 0.2) is 0 Å². The van der Waals surface area contributed by atoms with Gasteiger partial charge in [0.25, 0.3) is 0 Å². The van der Waals surface area contributed by atoms with Crippen LogP contribution in [-0.4, -0.2) is 31.9 Å². The van der Waals surface area contributed by atoms with Crippen LogP contribution in [-0.2, 0) is 9.59 Å². The van der Waals surface area contributed by atoms with E-state index >= 15 is 0 Å². The Morgan fingerprint density at radius 3 is 2.79 bits per heavy atom. The molecule has 0 fully saturated rings. The molecule has 0 aliphatic rings. The summed E-state index contributed by atoms with van der Waals surface area (Å²) in [5.74, 6) is -1.46. The van der Waals surface area contributed by atoms with Crippen molar-refractivity contribution < 1.29 is 19.1 Å². The predicted octanol–water partition coefficient (Wildman–Crippen LogP) is 3.53. The Hall–Kier alpha value is -3.59. The number of benzene rings is 1. The maximum atomic E-state index is 13.3. The van der Waals surface area contributed by atoms with Crippen LogP contribution in [0.2, 0.25) is 5.02 Å². The third kappa shape index (κ3) is 4.77. The lowest BCUT2D eigenvalue weighted by atomic mass is 10.2. The van der Waals surface area contributed by atoms with E-state index in [1.165, 1.54) is 36.8 Å². The highest BCUT2D eigenvalue weighted by atomic mass is 35.5. The van der Waals surface area contributed by atoms with E-state index < -0.39 is 17.7 Å². The maximum Gasteiger partial charge on any atom is 0.307 e. The molecule has 3 rings (SSSR count). The van der Waals surface area contributed by atoms with Gasteiger partial charge in [-0.05, 0) is 30.3 Å². The molecular formula is C18H13ClFN5O3. The number of carboxylic acid groups (broad SMARTS) is 1. The maximum absolute atomic E-state index is 13.3. The van der Waals surface area contributed by atoms with Gasteiger partial charge < -0.3 is 15.7 Å². The Kier molecular flexibility index (Phi) is 5.75. The summed E-state index contributed by atoms with van der Waals surface area (Å²) in [5, 5.41) is 14.6. The first-order valence-electron chi connectivity index (χ1n) is 7.94. The molecule has 2 aromatic heterocycles. The molecule has 0 aliphatic carbocycles. The first-order valence-corrected chi connectivity index (χ1v) is 8.32. The van der Waals surface area contributed by atoms with Crippen LogP contribution < -0.4 is 10.6 Å². The number of nitrogens with one attached hydrogen (secondary N) is 2. The van der Waals surface area contributed by atoms with Gasteiger partial charge in [0.05, 0.1) is 23.2 Å². The molecule has 0 spiro atoms. The van der Waals surface area contributed by atoms with Crippen molar-refractivity contribution >= 4 is 51.7 Å². The van der Waals surface area contributed by atoms with Crippen LogP contribution in [0, 0.1) is 5.82 Å². The van der Waals surface area contributed by atoms with E-state index in [2.05, 4.69) is 25.6 Å². The normalized spacial score (nSPS) is 10.9. The van der Waals surface area contributed by atoms with Crippen LogP contribution in [0.25, 0.3) is 10.9 Å². The first kappa shape index (κ1) is 19.2. The summed E-state index contributed by atoms with van der Waals surface area (Å²) in [6.45, 7) is 0. The van der Waals surface area contributed by atoms with Crippen molar-refractivity contribution in [2.75, 3.05) is 10.6 Å². The van der Waals surface area contributed by atoms with Crippen molar-refractivity contribution in [3.63, 3.8) is 0 Å². The van der Waals surface area contributed by atoms with E-state index in [0.29, 0.717) is 22.4 Å². The summed E-state index contributed by atoms with van der Waals surface area (Å²) in [7, 11) is 0. The number of halogens is 2. The van der Waals surface area contributed by atoms with Gasteiger partial charge in [-0.25, -0.2) is 19.3 Å². The first-order chi connectivity index (χ1) is 13.4. The minimum absolute atomic E-state index is 0.0360. The molecule has 1 amide bonds. The number of fused-ring (bicyclic) bond motifs is 1. The number of carbonyl (C=O) groups is 2. The second-order valence-electron chi connectivity index (χ2n) is 5.55. The summed E-state index contributed by atoms with van der Waals surface area (Å²) in [6, 6.07) is 5.71. The largest absolute Gasteiger partial charge is 0.481 e. The molecule has 0 aliphatic heterocycles. The fourth-order valence-corrected chi connectivity index (χ4v) is 2.45. The molecule has 0 saturated carbocycles. The van der Waals surface area contributed by atoms with Gasteiger partial charge in [-0.3, -0.25) is 9.59 Å². The lowest BCUT2D eigenvalue weighted by Crippen LogP contribution is -2.09. The van der Waals surface area contributed by atoms with E-state index in [1.54, 1.807) is 6.07 Å². The summed E-state index contributed by atoms with van der Waals surface area (Å²) in [5.41, 5.74) is 1.04. The van der Waals surface area contributed by atoms with Gasteiger partial charge in [0.1, 0.15) is 23.8 Å². The molecule has 10 heteroatoms. The monoisotopic (exact) mass is 401 g/mol. The number of anilines is 3. The zero-order chi connectivity index (χ0) is 20.1. The van der Waals surface area contributed by atoms with Crippen molar-refractivity contribution in [2.24, 2.45) is 0 Å². The molecule has 0 saturated heterocycles. The van der Waals surface area contributed by atoms with E-state index in [4.69, 9.17) is 16.7 Å². The number of carbonyl (C=O) groups excluding carboxylic acids is 1. The zero-order valence-corrected chi connectivity index (χ0v) is 14.9. The molecule has 0 radical (unpaired) electrons. The zero-order valence-electron chi connectivity index (χ0n) is 14.2. The third-order valence-electron chi connectivity index (χ3n) is 3.52. The predicted molar refractivity (Wildman–Crippen MR) is 102 cm³/mol. The van der Waals surface area contributed by atoms with Gasteiger partial charge in [-0.15, -0.1) is 0 Å². The molecule has 0 bridgehead atoms. The minimum Gasteiger partial charge on any atom is -0.481 e. The number of hydrogen-bond donors (Lipinski definition) is 3. The number of aliphatic carboxylic acids is 1. The quantitative estimate of drug-likeness (QED) is 0.541. The highest BCUT2D eigenvalue weighted by molar-refractivity contribution is 6.31. The van der Waals surface area contributed by atoms with Crippen LogP contribution in [0.4, 0.5) is 21.7 Å². The van der Waals surface area contributed by atoms with E-state index in [1.807, 2.05) is 0 Å². The molecule has 142 valence electrons. The topological polar surface area (TPSA) is 117 Å². The molecule has 1 aromatic carbocycles. The van der Waals surface area contributed by atoms with Gasteiger partial charge in [0.2, 0.25) is 5.91 Å². The molecule has 0 unspecified atom stereocenters. The number of rotatable bonds is 6. The summed E-state index contributed by atoms with van der Waals surface area (Å²) >= 11 is 5.79. The summed E-state index contributed by atoms with van der Waals surface area (Å²) in [6.07, 6.45) is 4.87. The number of carboxylic acids is 1. The molecule has 3 N–H and O–H groups in total. The van der Waals surface area contributed by atoms with Crippen LogP contribution in [0.15, 0.2) is 48.9 Å². The summed E-state index contributed by atoms with van der Waals surface area (Å²) in [4.78, 5) is 34.7. The lowest BCUT2D eigenvalue weighted by molar-refractivity contribution is -0.136. The summed E-state index contributed by atoms with van der Waals surface area (Å²) < 4.78 is 13.3. The van der Waals surface area contributed by atoms with Crippen molar-refractivity contribution in [3.8, 4) is 0 Å². The van der Waals surface area contributed by atoms with Gasteiger partial charge in [-0.2, -0.15) is 0 Å². The second kappa shape index (κ2) is 8.40. The number of aromatic nitrogens is 3. The van der Waals surface area contributed by atoms with E-state index in [9.17, 15) is 14.0 Å². The molecule has 8 nitrogen and oxygen atoms in total. The van der Waals surface area contributed by atoms with Crippen LogP contribution in [0.1, 0.15) is 6.42 Å². The molecule has 3 aromatic rings. The Balaban J connectivity index is 1.85. The number of nitrogens with zero attached hydrogens (tertiary/aromatic N) is 3. The molecule has 0 atom stereocenters. The second-order valence-corrected chi connectivity index (χ2v) is 5.96. The Morgan fingerprint density at radius 1 is 1.21 bits per heavy atom. The van der Waals surface area contributed by atoms with Gasteiger partial charge in [-0.1, -0.05) is 17.7 Å². The number of pyridine rings is 1. The van der Waals surface area contributed by atoms with Crippen LogP contribution in [0.5, 0.6) is 0 Å². The van der Waals surface area contributed by atoms with Crippen molar-refractivity contribution in [3.05, 3.63) is 59.8 Å². The SMILES string of the molecule is O=C(O)CC=CC(=O)Nc1cc2c(Nc3ccc(F)c(Cl)c3)ncnc2cn1. The highest BCUT2D eigenvalue weighted by Crippen LogP contribution is 2.26. The minimum atomic E-state index is -1.04. The average Bonchev–Trinajstić information content (AvgIpc) is 2.65. The van der Waals surface area contributed by atoms with Crippen LogP contribution >= 0.6 is 11.6 Å². The van der Waals surface area contributed by atoms with E-state index in [-0.39, 0.29) is 17.3 Å². The third-order valence-corrected chi connectivity index (χ3v) is 3.81.